The molecule has 1 aliphatic heterocycles. The van der Waals surface area contributed by atoms with Crippen molar-refractivity contribution in [2.45, 2.75) is 77.7 Å². The van der Waals surface area contributed by atoms with Gasteiger partial charge in [0.25, 0.3) is 0 Å². The molecule has 8 heteroatoms. The van der Waals surface area contributed by atoms with Gasteiger partial charge in [-0.1, -0.05) is 24.9 Å². The molecule has 0 bridgehead atoms. The lowest BCUT2D eigenvalue weighted by molar-refractivity contribution is -0.123. The molecule has 3 aromatic rings. The van der Waals surface area contributed by atoms with E-state index in [2.05, 4.69) is 33.7 Å². The monoisotopic (exact) mass is 510 g/mol. The Kier molecular flexibility index (Phi) is 6.62. The Morgan fingerprint density at radius 1 is 1.25 bits per heavy atom. The van der Waals surface area contributed by atoms with Crippen LogP contribution in [0.2, 0.25) is 5.02 Å². The van der Waals surface area contributed by atoms with Crippen LogP contribution in [-0.4, -0.2) is 26.2 Å². The van der Waals surface area contributed by atoms with Gasteiger partial charge in [0.2, 0.25) is 5.91 Å². The third kappa shape index (κ3) is 4.65. The highest BCUT2D eigenvalue weighted by molar-refractivity contribution is 6.33. The van der Waals surface area contributed by atoms with Gasteiger partial charge in [-0.3, -0.25) is 9.59 Å². The van der Waals surface area contributed by atoms with Crippen molar-refractivity contribution in [2.75, 3.05) is 5.32 Å². The van der Waals surface area contributed by atoms with Crippen molar-refractivity contribution >= 4 is 40.1 Å². The number of imidazole rings is 1. The number of anilines is 1. The molecule has 0 radical (unpaired) electrons. The lowest BCUT2D eigenvalue weighted by Crippen LogP contribution is -2.29. The van der Waals surface area contributed by atoms with Crippen molar-refractivity contribution in [3.63, 3.8) is 0 Å². The van der Waals surface area contributed by atoms with E-state index in [4.69, 9.17) is 11.6 Å². The quantitative estimate of drug-likeness (QED) is 0.401. The summed E-state index contributed by atoms with van der Waals surface area (Å²) in [5.74, 6) is 1.14. The first-order chi connectivity index (χ1) is 17.2. The third-order valence-corrected chi connectivity index (χ3v) is 8.13. The molecule has 0 unspecified atom stereocenters. The number of pyridine rings is 1. The van der Waals surface area contributed by atoms with Gasteiger partial charge in [0.1, 0.15) is 22.9 Å². The Labute approximate surface area is 215 Å². The second kappa shape index (κ2) is 9.58. The van der Waals surface area contributed by atoms with Gasteiger partial charge in [0.05, 0.1) is 10.5 Å². The Balaban J connectivity index is 1.40. The first kappa shape index (κ1) is 24.9. The highest BCUT2D eigenvalue weighted by Gasteiger charge is 2.33. The lowest BCUT2D eigenvalue weighted by atomic mass is 9.78. The summed E-state index contributed by atoms with van der Waals surface area (Å²) in [7, 11) is 0. The Morgan fingerprint density at radius 2 is 2.06 bits per heavy atom. The van der Waals surface area contributed by atoms with Crippen LogP contribution >= 0.6 is 11.6 Å². The van der Waals surface area contributed by atoms with Gasteiger partial charge in [0.15, 0.2) is 5.82 Å². The summed E-state index contributed by atoms with van der Waals surface area (Å²) in [6, 6.07) is 5.07. The smallest absolute Gasteiger partial charge is 0.228 e. The van der Waals surface area contributed by atoms with E-state index < -0.39 is 5.82 Å². The van der Waals surface area contributed by atoms with E-state index in [9.17, 15) is 9.59 Å². The average Bonchev–Trinajstić information content (AvgIpc) is 3.38. The number of aromatic nitrogens is 3. The molecule has 190 valence electrons. The zero-order valence-electron chi connectivity index (χ0n) is 21.0. The molecule has 1 aromatic carbocycles. The van der Waals surface area contributed by atoms with Crippen molar-refractivity contribution in [3.8, 4) is 11.1 Å². The first-order valence-electron chi connectivity index (χ1n) is 12.9. The van der Waals surface area contributed by atoms with E-state index in [0.29, 0.717) is 46.7 Å². The molecule has 1 aliphatic carbocycles. The fraction of sp³-hybridized carbons (Fsp3) is 0.500. The standard InChI is InChI=1S/C28H32ClFN4O2/c1-4-19(35)11-16-6-5-7-17(10-16)27(36)32-24-14-20(21(29)15-31-24)18-12-22(30)26-23(13-18)34-25(33-26)8-9-28(34,2)3/h12-17H,4-11H2,1-3H3,(H,31,32,36)/t16-,17+/m1/s1. The average molecular weight is 511 g/mol. The number of carbonyl (C=O) groups excluding carboxylic acids is 2. The second-order valence-electron chi connectivity index (χ2n) is 10.9. The van der Waals surface area contributed by atoms with E-state index in [1.807, 2.05) is 13.0 Å². The fourth-order valence-corrected chi connectivity index (χ4v) is 6.06. The fourth-order valence-electron chi connectivity index (χ4n) is 5.85. The van der Waals surface area contributed by atoms with E-state index in [-0.39, 0.29) is 29.1 Å². The topological polar surface area (TPSA) is 76.9 Å². The number of ketones is 1. The summed E-state index contributed by atoms with van der Waals surface area (Å²) in [6.07, 6.45) is 7.78. The van der Waals surface area contributed by atoms with Crippen molar-refractivity contribution in [1.82, 2.24) is 14.5 Å². The molecule has 1 saturated carbocycles. The minimum absolute atomic E-state index is 0.0959. The van der Waals surface area contributed by atoms with Gasteiger partial charge < -0.3 is 9.88 Å². The minimum Gasteiger partial charge on any atom is -0.322 e. The van der Waals surface area contributed by atoms with Crippen LogP contribution in [0.25, 0.3) is 22.2 Å². The largest absolute Gasteiger partial charge is 0.322 e. The second-order valence-corrected chi connectivity index (χ2v) is 11.3. The third-order valence-electron chi connectivity index (χ3n) is 7.83. The van der Waals surface area contributed by atoms with Crippen LogP contribution in [0.1, 0.15) is 71.5 Å². The lowest BCUT2D eigenvalue weighted by Gasteiger charge is -2.27. The molecule has 0 saturated heterocycles. The van der Waals surface area contributed by atoms with Gasteiger partial charge in [-0.25, -0.2) is 14.4 Å². The number of rotatable bonds is 6. The number of amides is 1. The maximum absolute atomic E-state index is 15.1. The Hall–Kier alpha value is -2.80. The molecule has 1 fully saturated rings. The summed E-state index contributed by atoms with van der Waals surface area (Å²) >= 11 is 6.50. The number of benzene rings is 1. The van der Waals surface area contributed by atoms with E-state index in [1.54, 1.807) is 6.07 Å². The van der Waals surface area contributed by atoms with Gasteiger partial charge in [-0.05, 0) is 69.2 Å². The Morgan fingerprint density at radius 3 is 2.83 bits per heavy atom. The van der Waals surface area contributed by atoms with Crippen molar-refractivity contribution < 1.29 is 14.0 Å². The first-order valence-corrected chi connectivity index (χ1v) is 13.2. The molecule has 2 atom stereocenters. The molecule has 2 aromatic heterocycles. The molecule has 1 N–H and O–H groups in total. The number of fused-ring (bicyclic) bond motifs is 3. The van der Waals surface area contributed by atoms with Crippen molar-refractivity contribution in [3.05, 3.63) is 41.1 Å². The number of carbonyl (C=O) groups is 2. The highest BCUT2D eigenvalue weighted by atomic mass is 35.5. The molecule has 5 rings (SSSR count). The molecule has 3 heterocycles. The van der Waals surface area contributed by atoms with Gasteiger partial charge in [-0.2, -0.15) is 0 Å². The maximum atomic E-state index is 15.1. The zero-order valence-corrected chi connectivity index (χ0v) is 21.8. The molecule has 1 amide bonds. The number of hydrogen-bond acceptors (Lipinski definition) is 4. The maximum Gasteiger partial charge on any atom is 0.228 e. The SMILES string of the molecule is CCC(=O)C[C@@H]1CCC[C@H](C(=O)Nc2cc(-c3cc(F)c4nc5n(c4c3)C(C)(C)CC5)c(Cl)cn2)C1. The van der Waals surface area contributed by atoms with Crippen LogP contribution in [0.3, 0.4) is 0 Å². The van der Waals surface area contributed by atoms with Crippen molar-refractivity contribution in [2.24, 2.45) is 11.8 Å². The van der Waals surface area contributed by atoms with Crippen molar-refractivity contribution in [1.29, 1.82) is 0 Å². The number of halogens is 2. The van der Waals surface area contributed by atoms with Gasteiger partial charge >= 0.3 is 0 Å². The van der Waals surface area contributed by atoms with Crippen LogP contribution in [-0.2, 0) is 21.5 Å². The van der Waals surface area contributed by atoms with E-state index in [1.165, 1.54) is 12.3 Å². The number of hydrogen-bond donors (Lipinski definition) is 1. The number of nitrogens with one attached hydrogen (secondary N) is 1. The number of nitrogens with zero attached hydrogens (tertiary/aromatic N) is 3. The van der Waals surface area contributed by atoms with Crippen LogP contribution in [0.5, 0.6) is 0 Å². The summed E-state index contributed by atoms with van der Waals surface area (Å²) in [6.45, 7) is 6.15. The summed E-state index contributed by atoms with van der Waals surface area (Å²) < 4.78 is 17.3. The normalized spacial score (nSPS) is 20.9. The van der Waals surface area contributed by atoms with E-state index >= 15 is 4.39 Å². The zero-order chi connectivity index (χ0) is 25.6. The van der Waals surface area contributed by atoms with Crippen LogP contribution < -0.4 is 5.32 Å². The summed E-state index contributed by atoms with van der Waals surface area (Å²) in [5.41, 5.74) is 2.19. The van der Waals surface area contributed by atoms with E-state index in [0.717, 1.165) is 43.4 Å². The molecule has 2 aliphatic rings. The molecular formula is C28H32ClFN4O2. The molecular weight excluding hydrogens is 479 g/mol. The van der Waals surface area contributed by atoms with Gasteiger partial charge in [-0.15, -0.1) is 0 Å². The van der Waals surface area contributed by atoms with Crippen LogP contribution in [0.4, 0.5) is 10.2 Å². The summed E-state index contributed by atoms with van der Waals surface area (Å²) in [5, 5.41) is 3.31. The summed E-state index contributed by atoms with van der Waals surface area (Å²) in [4.78, 5) is 33.8. The highest BCUT2D eigenvalue weighted by Crippen LogP contribution is 2.39. The molecule has 6 nitrogen and oxygen atoms in total. The molecule has 0 spiro atoms. The number of Topliss-reactive ketones (excluding diaryl/α,β-unsaturated/α-hetero) is 1. The number of aryl methyl sites for hydroxylation is 1. The predicted molar refractivity (Wildman–Crippen MR) is 140 cm³/mol. The molecule has 36 heavy (non-hydrogen) atoms. The minimum atomic E-state index is -0.395. The predicted octanol–water partition coefficient (Wildman–Crippen LogP) is 6.69. The van der Waals surface area contributed by atoms with Crippen LogP contribution in [0, 0.1) is 17.7 Å². The Bertz CT molecular complexity index is 1350. The van der Waals surface area contributed by atoms with Gasteiger partial charge in [0, 0.05) is 42.5 Å². The van der Waals surface area contributed by atoms with Crippen LogP contribution in [0.15, 0.2) is 24.4 Å².